The second-order valence-corrected chi connectivity index (χ2v) is 7.63. The number of benzene rings is 1. The van der Waals surface area contributed by atoms with E-state index >= 15 is 0 Å². The van der Waals surface area contributed by atoms with Gasteiger partial charge in [-0.15, -0.1) is 0 Å². The highest BCUT2D eigenvalue weighted by molar-refractivity contribution is 5.67. The summed E-state index contributed by atoms with van der Waals surface area (Å²) in [5.41, 5.74) is 3.97. The molecule has 152 valence electrons. The van der Waals surface area contributed by atoms with Crippen LogP contribution in [-0.4, -0.2) is 49.8 Å². The van der Waals surface area contributed by atoms with Gasteiger partial charge in [-0.05, 0) is 31.1 Å². The van der Waals surface area contributed by atoms with Crippen molar-refractivity contribution >= 4 is 17.4 Å². The maximum Gasteiger partial charge on any atom is 0.326 e. The lowest BCUT2D eigenvalue weighted by atomic mass is 10.1. The van der Waals surface area contributed by atoms with Crippen molar-refractivity contribution in [3.63, 3.8) is 0 Å². The molecule has 0 saturated heterocycles. The van der Waals surface area contributed by atoms with E-state index in [2.05, 4.69) is 21.1 Å². The first kappa shape index (κ1) is 18.2. The molecule has 1 saturated carbocycles. The Morgan fingerprint density at radius 3 is 2.80 bits per heavy atom. The van der Waals surface area contributed by atoms with E-state index in [-0.39, 0.29) is 11.6 Å². The van der Waals surface area contributed by atoms with E-state index in [4.69, 9.17) is 9.98 Å². The van der Waals surface area contributed by atoms with Crippen molar-refractivity contribution in [1.82, 2.24) is 24.6 Å². The van der Waals surface area contributed by atoms with Crippen LogP contribution in [0.2, 0.25) is 0 Å². The van der Waals surface area contributed by atoms with Gasteiger partial charge in [-0.2, -0.15) is 9.61 Å². The second kappa shape index (κ2) is 6.87. The number of rotatable bonds is 4. The third-order valence-corrected chi connectivity index (χ3v) is 5.04. The van der Waals surface area contributed by atoms with Crippen molar-refractivity contribution in [1.29, 1.82) is 0 Å². The summed E-state index contributed by atoms with van der Waals surface area (Å²) in [7, 11) is 4.00. The number of hydrogen-bond donors (Lipinski definition) is 3. The van der Waals surface area contributed by atoms with Gasteiger partial charge < -0.3 is 15.0 Å². The quantitative estimate of drug-likeness (QED) is 0.466. The van der Waals surface area contributed by atoms with Crippen molar-refractivity contribution in [3.8, 4) is 17.1 Å². The number of fused-ring (bicyclic) bond motifs is 1. The van der Waals surface area contributed by atoms with Crippen LogP contribution < -0.4 is 21.3 Å². The first-order chi connectivity index (χ1) is 14.5. The number of hydrogen-bond acceptors (Lipinski definition) is 6. The third-order valence-electron chi connectivity index (χ3n) is 5.04. The fourth-order valence-corrected chi connectivity index (χ4v) is 3.29. The monoisotopic (exact) mass is 403 g/mol. The number of anilines is 1. The van der Waals surface area contributed by atoms with Crippen LogP contribution in [0.25, 0.3) is 23.0 Å². The average molecular weight is 403 g/mol. The lowest BCUT2D eigenvalue weighted by Crippen LogP contribution is -2.19. The van der Waals surface area contributed by atoms with Crippen LogP contribution >= 0.6 is 0 Å². The van der Waals surface area contributed by atoms with Crippen LogP contribution in [0, 0.1) is 0 Å². The number of aromatic hydroxyl groups is 1. The fourth-order valence-electron chi connectivity index (χ4n) is 3.29. The molecule has 0 atom stereocenters. The van der Waals surface area contributed by atoms with E-state index in [1.54, 1.807) is 16.8 Å². The molecule has 0 bridgehead atoms. The van der Waals surface area contributed by atoms with Crippen molar-refractivity contribution in [2.45, 2.75) is 18.9 Å². The Bertz CT molecular complexity index is 1420. The maximum atomic E-state index is 11.5. The predicted octanol–water partition coefficient (Wildman–Crippen LogP) is 0.795. The highest BCUT2D eigenvalue weighted by Crippen LogP contribution is 2.24. The Morgan fingerprint density at radius 1 is 1.27 bits per heavy atom. The van der Waals surface area contributed by atoms with Crippen LogP contribution in [0.1, 0.15) is 18.5 Å². The summed E-state index contributed by atoms with van der Waals surface area (Å²) in [5.74, 6) is -0.225. The highest BCUT2D eigenvalue weighted by atomic mass is 16.3. The van der Waals surface area contributed by atoms with E-state index in [1.807, 2.05) is 43.3 Å². The Morgan fingerprint density at radius 2 is 2.10 bits per heavy atom. The van der Waals surface area contributed by atoms with Gasteiger partial charge in [-0.25, -0.2) is 9.78 Å². The third kappa shape index (κ3) is 3.34. The van der Waals surface area contributed by atoms with Gasteiger partial charge in [0, 0.05) is 36.6 Å². The number of imidazole rings is 1. The maximum absolute atomic E-state index is 11.5. The molecule has 4 aromatic rings. The highest BCUT2D eigenvalue weighted by Gasteiger charge is 2.20. The van der Waals surface area contributed by atoms with E-state index < -0.39 is 5.69 Å². The fraction of sp³-hybridized carbons (Fsp3) is 0.238. The number of aromatic amines is 2. The Kier molecular flexibility index (Phi) is 4.16. The minimum absolute atomic E-state index is 0.225. The van der Waals surface area contributed by atoms with Crippen LogP contribution in [0.15, 0.2) is 46.3 Å². The first-order valence-electron chi connectivity index (χ1n) is 9.71. The summed E-state index contributed by atoms with van der Waals surface area (Å²) < 4.78 is 1.70. The summed E-state index contributed by atoms with van der Waals surface area (Å²) in [5, 5.41) is 15.0. The molecule has 3 aromatic heterocycles. The number of nitrogens with one attached hydrogen (secondary N) is 2. The summed E-state index contributed by atoms with van der Waals surface area (Å²) in [4.78, 5) is 28.0. The van der Waals surface area contributed by atoms with Crippen molar-refractivity contribution in [2.24, 2.45) is 4.99 Å². The molecule has 0 unspecified atom stereocenters. The lowest BCUT2D eigenvalue weighted by molar-refractivity contribution is 0.454. The van der Waals surface area contributed by atoms with Gasteiger partial charge >= 0.3 is 5.69 Å². The molecule has 5 rings (SSSR count). The minimum Gasteiger partial charge on any atom is -0.493 e. The SMILES string of the molecule is CN(C)c1cccc(-c2cc(=NC3CC3)n3ncc(=Cc4[nH]c(=O)[nH]c4O)c3n2)c1. The van der Waals surface area contributed by atoms with Gasteiger partial charge in [0.15, 0.2) is 11.1 Å². The summed E-state index contributed by atoms with van der Waals surface area (Å²) in [6.45, 7) is 0. The van der Waals surface area contributed by atoms with Crippen molar-refractivity contribution in [2.75, 3.05) is 19.0 Å². The van der Waals surface area contributed by atoms with Gasteiger partial charge in [-0.3, -0.25) is 9.98 Å². The summed E-state index contributed by atoms with van der Waals surface area (Å²) in [6, 6.07) is 10.4. The molecule has 9 nitrogen and oxygen atoms in total. The van der Waals surface area contributed by atoms with Crippen LogP contribution in [0.5, 0.6) is 5.88 Å². The summed E-state index contributed by atoms with van der Waals surface area (Å²) >= 11 is 0. The lowest BCUT2D eigenvalue weighted by Gasteiger charge is -2.13. The van der Waals surface area contributed by atoms with E-state index in [0.717, 1.165) is 35.3 Å². The Labute approximate surface area is 171 Å². The molecule has 1 aromatic carbocycles. The number of nitrogens with zero attached hydrogens (tertiary/aromatic N) is 5. The number of H-pyrrole nitrogens is 2. The molecule has 9 heteroatoms. The normalized spacial score (nSPS) is 15.3. The van der Waals surface area contributed by atoms with Crippen molar-refractivity contribution < 1.29 is 5.11 Å². The molecule has 0 aliphatic heterocycles. The van der Waals surface area contributed by atoms with Gasteiger partial charge in [0.25, 0.3) is 0 Å². The zero-order valence-corrected chi connectivity index (χ0v) is 16.6. The number of aromatic nitrogens is 5. The molecule has 3 N–H and O–H groups in total. The van der Waals surface area contributed by atoms with E-state index in [1.165, 1.54) is 0 Å². The molecule has 0 amide bonds. The van der Waals surface area contributed by atoms with Gasteiger partial charge in [-0.1, -0.05) is 12.1 Å². The molecular weight excluding hydrogens is 382 g/mol. The molecule has 30 heavy (non-hydrogen) atoms. The van der Waals surface area contributed by atoms with E-state index in [9.17, 15) is 9.90 Å². The smallest absolute Gasteiger partial charge is 0.326 e. The zero-order chi connectivity index (χ0) is 20.8. The first-order valence-corrected chi connectivity index (χ1v) is 9.71. The van der Waals surface area contributed by atoms with Crippen LogP contribution in [0.3, 0.4) is 0 Å². The Hall–Kier alpha value is -3.88. The molecule has 0 radical (unpaired) electrons. The molecular formula is C21H21N7O2. The minimum atomic E-state index is -0.478. The van der Waals surface area contributed by atoms with Gasteiger partial charge in [0.2, 0.25) is 5.88 Å². The predicted molar refractivity (Wildman–Crippen MR) is 113 cm³/mol. The van der Waals surface area contributed by atoms with Crippen LogP contribution in [0.4, 0.5) is 5.69 Å². The summed E-state index contributed by atoms with van der Waals surface area (Å²) in [6.07, 6.45) is 5.45. The van der Waals surface area contributed by atoms with E-state index in [0.29, 0.717) is 16.9 Å². The van der Waals surface area contributed by atoms with Crippen molar-refractivity contribution in [3.05, 3.63) is 63.4 Å². The second-order valence-electron chi connectivity index (χ2n) is 7.63. The average Bonchev–Trinajstić information content (AvgIpc) is 3.36. The largest absolute Gasteiger partial charge is 0.493 e. The molecule has 1 aliphatic rings. The Balaban J connectivity index is 1.76. The van der Waals surface area contributed by atoms with Gasteiger partial charge in [0.05, 0.1) is 17.9 Å². The zero-order valence-electron chi connectivity index (χ0n) is 16.6. The molecule has 3 heterocycles. The molecule has 0 spiro atoms. The van der Waals surface area contributed by atoms with Crippen LogP contribution in [-0.2, 0) is 0 Å². The molecule has 1 aliphatic carbocycles. The van der Waals surface area contributed by atoms with Gasteiger partial charge in [0.1, 0.15) is 5.69 Å². The standard InChI is InChI=1S/C21H21N7O2/c1-27(2)15-5-3-4-12(8-15)16-10-18(23-14-6-7-14)28-19(24-16)13(11-22-28)9-17-20(29)26-21(30)25-17/h3-5,8-11,14,29H,6-7H2,1-2H3,(H2,25,26,30). The molecule has 1 fully saturated rings. The topological polar surface area (TPSA) is 115 Å².